The summed E-state index contributed by atoms with van der Waals surface area (Å²) < 4.78 is 14.5. The molecule has 0 radical (unpaired) electrons. The number of nitrogens with two attached hydrogens (primary N) is 1. The number of nitrogens with zero attached hydrogens (tertiary/aromatic N) is 3. The van der Waals surface area contributed by atoms with Crippen molar-refractivity contribution in [2.45, 2.75) is 26.3 Å². The van der Waals surface area contributed by atoms with E-state index in [1.807, 2.05) is 42.5 Å². The predicted molar refractivity (Wildman–Crippen MR) is 126 cm³/mol. The fraction of sp³-hybridized carbons (Fsp3) is 0.333. The van der Waals surface area contributed by atoms with Crippen LogP contribution in [0.2, 0.25) is 5.02 Å². The van der Waals surface area contributed by atoms with Crippen LogP contribution < -0.4 is 11.1 Å². The Morgan fingerprint density at radius 1 is 1.13 bits per heavy atom. The predicted octanol–water partition coefficient (Wildman–Crippen LogP) is 4.76. The SMILES string of the molecule is CCN(CCCN)Cc1cccc(-c2nc(NCCc3cccc(Cl)c3)ncc2F)c1. The highest BCUT2D eigenvalue weighted by Crippen LogP contribution is 2.23. The average Bonchev–Trinajstić information content (AvgIpc) is 2.78. The van der Waals surface area contributed by atoms with Crippen LogP contribution in [0.4, 0.5) is 10.3 Å². The van der Waals surface area contributed by atoms with Crippen molar-refractivity contribution < 1.29 is 4.39 Å². The molecule has 0 fully saturated rings. The van der Waals surface area contributed by atoms with E-state index in [1.54, 1.807) is 0 Å². The first-order chi connectivity index (χ1) is 15.1. The van der Waals surface area contributed by atoms with Gasteiger partial charge in [0, 0.05) is 23.7 Å². The summed E-state index contributed by atoms with van der Waals surface area (Å²) in [6, 6.07) is 15.6. The Hall–Kier alpha value is -2.54. The zero-order valence-corrected chi connectivity index (χ0v) is 18.6. The molecule has 3 N–H and O–H groups in total. The minimum Gasteiger partial charge on any atom is -0.354 e. The van der Waals surface area contributed by atoms with Crippen molar-refractivity contribution in [3.05, 3.63) is 76.7 Å². The summed E-state index contributed by atoms with van der Waals surface area (Å²) in [5, 5.41) is 3.89. The van der Waals surface area contributed by atoms with Crippen LogP contribution in [0.3, 0.4) is 0 Å². The molecule has 164 valence electrons. The van der Waals surface area contributed by atoms with Crippen molar-refractivity contribution in [1.82, 2.24) is 14.9 Å². The van der Waals surface area contributed by atoms with Gasteiger partial charge in [-0.1, -0.05) is 48.9 Å². The van der Waals surface area contributed by atoms with E-state index in [1.165, 1.54) is 6.20 Å². The Morgan fingerprint density at radius 3 is 2.71 bits per heavy atom. The van der Waals surface area contributed by atoms with E-state index in [-0.39, 0.29) is 0 Å². The molecular weight excluding hydrogens is 413 g/mol. The molecule has 0 unspecified atom stereocenters. The van der Waals surface area contributed by atoms with E-state index in [4.69, 9.17) is 17.3 Å². The second-order valence-corrected chi connectivity index (χ2v) is 7.84. The summed E-state index contributed by atoms with van der Waals surface area (Å²) in [7, 11) is 0. The van der Waals surface area contributed by atoms with Gasteiger partial charge in [0.15, 0.2) is 5.82 Å². The molecule has 0 aliphatic heterocycles. The van der Waals surface area contributed by atoms with Crippen LogP contribution in [-0.4, -0.2) is 41.0 Å². The highest BCUT2D eigenvalue weighted by molar-refractivity contribution is 6.30. The lowest BCUT2D eigenvalue weighted by Gasteiger charge is -2.20. The van der Waals surface area contributed by atoms with Crippen molar-refractivity contribution in [2.75, 3.05) is 31.5 Å². The van der Waals surface area contributed by atoms with Gasteiger partial charge in [-0.25, -0.2) is 14.4 Å². The maximum atomic E-state index is 14.5. The first-order valence-electron chi connectivity index (χ1n) is 10.6. The van der Waals surface area contributed by atoms with E-state index < -0.39 is 5.82 Å². The standard InChI is InChI=1S/C24H29ClFN5/c1-2-31(13-5-11-27)17-19-7-3-8-20(14-19)23-22(26)16-29-24(30-23)28-12-10-18-6-4-9-21(25)15-18/h3-4,6-9,14-16H,2,5,10-13,17,27H2,1H3,(H,28,29,30). The average molecular weight is 442 g/mol. The van der Waals surface area contributed by atoms with Crippen LogP contribution in [-0.2, 0) is 13.0 Å². The van der Waals surface area contributed by atoms with Crippen molar-refractivity contribution in [3.8, 4) is 11.3 Å². The van der Waals surface area contributed by atoms with Crippen molar-refractivity contribution in [3.63, 3.8) is 0 Å². The number of benzene rings is 2. The quantitative estimate of drug-likeness (QED) is 0.449. The summed E-state index contributed by atoms with van der Waals surface area (Å²) in [6.07, 6.45) is 2.94. The Kier molecular flexibility index (Phi) is 8.76. The molecule has 0 aliphatic carbocycles. The molecule has 0 atom stereocenters. The zero-order valence-electron chi connectivity index (χ0n) is 17.8. The second kappa shape index (κ2) is 11.7. The number of hydrogen-bond donors (Lipinski definition) is 2. The van der Waals surface area contributed by atoms with E-state index >= 15 is 0 Å². The molecule has 3 aromatic rings. The maximum absolute atomic E-state index is 14.5. The number of halogens is 2. The molecule has 5 nitrogen and oxygen atoms in total. The van der Waals surface area contributed by atoms with E-state index in [0.29, 0.717) is 29.8 Å². The van der Waals surface area contributed by atoms with Gasteiger partial charge in [0.25, 0.3) is 0 Å². The summed E-state index contributed by atoms with van der Waals surface area (Å²) >= 11 is 6.03. The molecule has 0 bridgehead atoms. The summed E-state index contributed by atoms with van der Waals surface area (Å²) in [5.74, 6) is -0.0324. The Balaban J connectivity index is 1.69. The number of aromatic nitrogens is 2. The minimum atomic E-state index is -0.437. The van der Waals surface area contributed by atoms with Gasteiger partial charge in [-0.2, -0.15) is 0 Å². The van der Waals surface area contributed by atoms with Gasteiger partial charge in [0.1, 0.15) is 5.69 Å². The van der Waals surface area contributed by atoms with Gasteiger partial charge in [0.05, 0.1) is 6.20 Å². The zero-order chi connectivity index (χ0) is 22.1. The van der Waals surface area contributed by atoms with Crippen LogP contribution in [0.25, 0.3) is 11.3 Å². The Morgan fingerprint density at radius 2 is 1.94 bits per heavy atom. The van der Waals surface area contributed by atoms with E-state index in [0.717, 1.165) is 49.2 Å². The lowest BCUT2D eigenvalue weighted by molar-refractivity contribution is 0.278. The summed E-state index contributed by atoms with van der Waals surface area (Å²) in [4.78, 5) is 10.8. The highest BCUT2D eigenvalue weighted by atomic mass is 35.5. The molecule has 0 amide bonds. The Bertz CT molecular complexity index is 982. The third-order valence-electron chi connectivity index (χ3n) is 5.06. The van der Waals surface area contributed by atoms with Crippen LogP contribution in [0, 0.1) is 5.82 Å². The van der Waals surface area contributed by atoms with Gasteiger partial charge in [-0.3, -0.25) is 4.90 Å². The molecule has 0 aliphatic rings. The van der Waals surface area contributed by atoms with Gasteiger partial charge in [-0.15, -0.1) is 0 Å². The topological polar surface area (TPSA) is 67.1 Å². The van der Waals surface area contributed by atoms with Gasteiger partial charge < -0.3 is 11.1 Å². The van der Waals surface area contributed by atoms with Crippen LogP contribution in [0.5, 0.6) is 0 Å². The molecule has 1 heterocycles. The smallest absolute Gasteiger partial charge is 0.223 e. The van der Waals surface area contributed by atoms with Crippen LogP contribution in [0.1, 0.15) is 24.5 Å². The number of anilines is 1. The lowest BCUT2D eigenvalue weighted by atomic mass is 10.1. The van der Waals surface area contributed by atoms with Crippen LogP contribution >= 0.6 is 11.6 Å². The highest BCUT2D eigenvalue weighted by Gasteiger charge is 2.11. The van der Waals surface area contributed by atoms with Gasteiger partial charge in [-0.05, 0) is 61.8 Å². The van der Waals surface area contributed by atoms with Gasteiger partial charge in [0.2, 0.25) is 5.95 Å². The van der Waals surface area contributed by atoms with Crippen molar-refractivity contribution in [2.24, 2.45) is 5.73 Å². The van der Waals surface area contributed by atoms with E-state index in [2.05, 4.69) is 33.2 Å². The molecule has 0 spiro atoms. The van der Waals surface area contributed by atoms with Crippen LogP contribution in [0.15, 0.2) is 54.7 Å². The van der Waals surface area contributed by atoms with Crippen molar-refractivity contribution in [1.29, 1.82) is 0 Å². The molecular formula is C24H29ClFN5. The van der Waals surface area contributed by atoms with E-state index in [9.17, 15) is 4.39 Å². The number of nitrogens with one attached hydrogen (secondary N) is 1. The molecule has 1 aromatic heterocycles. The molecule has 0 saturated heterocycles. The normalized spacial score (nSPS) is 11.1. The number of rotatable bonds is 11. The molecule has 7 heteroatoms. The molecule has 0 saturated carbocycles. The molecule has 31 heavy (non-hydrogen) atoms. The number of hydrogen-bond acceptors (Lipinski definition) is 5. The Labute approximate surface area is 188 Å². The van der Waals surface area contributed by atoms with Crippen molar-refractivity contribution >= 4 is 17.5 Å². The fourth-order valence-electron chi connectivity index (χ4n) is 3.40. The molecule has 2 aromatic carbocycles. The largest absolute Gasteiger partial charge is 0.354 e. The third kappa shape index (κ3) is 6.99. The maximum Gasteiger partial charge on any atom is 0.223 e. The summed E-state index contributed by atoms with van der Waals surface area (Å²) in [6.45, 7) is 6.11. The van der Waals surface area contributed by atoms with Gasteiger partial charge >= 0.3 is 0 Å². The first kappa shape index (κ1) is 23.1. The molecule has 3 rings (SSSR count). The third-order valence-corrected chi connectivity index (χ3v) is 5.30. The summed E-state index contributed by atoms with van der Waals surface area (Å²) in [5.41, 5.74) is 8.91. The monoisotopic (exact) mass is 441 g/mol. The first-order valence-corrected chi connectivity index (χ1v) is 11.0. The lowest BCUT2D eigenvalue weighted by Crippen LogP contribution is -2.25. The fourth-order valence-corrected chi connectivity index (χ4v) is 3.62. The second-order valence-electron chi connectivity index (χ2n) is 7.41. The minimum absolute atomic E-state index is 0.298.